The third-order valence-corrected chi connectivity index (χ3v) is 7.02. The first-order valence-corrected chi connectivity index (χ1v) is 9.39. The van der Waals surface area contributed by atoms with Crippen LogP contribution in [0.5, 0.6) is 5.75 Å². The van der Waals surface area contributed by atoms with Gasteiger partial charge in [-0.05, 0) is 55.3 Å². The van der Waals surface area contributed by atoms with E-state index in [1.54, 1.807) is 0 Å². The zero-order valence-electron chi connectivity index (χ0n) is 13.2. The molecule has 3 aromatic rings. The summed E-state index contributed by atoms with van der Waals surface area (Å²) in [5.74, 6) is 0.927. The predicted octanol–water partition coefficient (Wildman–Crippen LogP) is 5.09. The molecule has 4 rings (SSSR count). The van der Waals surface area contributed by atoms with E-state index in [0.29, 0.717) is 0 Å². The highest BCUT2D eigenvalue weighted by Crippen LogP contribution is 2.60. The van der Waals surface area contributed by atoms with Crippen molar-refractivity contribution in [2.24, 2.45) is 4.74 Å². The Balaban J connectivity index is 2.01. The fraction of sp³-hybridized carbons (Fsp3) is 0.100. The molecule has 0 spiro atoms. The summed E-state index contributed by atoms with van der Waals surface area (Å²) in [6.45, 7) is 4.20. The molecule has 1 heterocycles. The SMILES string of the molecule is Cc1cc(C)c2c(c1)N=P(c1ccccc1)(c1ccccc1)O2. The van der Waals surface area contributed by atoms with E-state index >= 15 is 0 Å². The van der Waals surface area contributed by atoms with Gasteiger partial charge in [0.1, 0.15) is 5.69 Å². The highest BCUT2D eigenvalue weighted by molar-refractivity contribution is 7.77. The van der Waals surface area contributed by atoms with Crippen LogP contribution in [0, 0.1) is 13.8 Å². The number of hydrogen-bond donors (Lipinski definition) is 0. The molecule has 0 aliphatic carbocycles. The Labute approximate surface area is 136 Å². The lowest BCUT2D eigenvalue weighted by atomic mass is 10.1. The summed E-state index contributed by atoms with van der Waals surface area (Å²) in [7, 11) is -2.26. The smallest absolute Gasteiger partial charge is 0.197 e. The van der Waals surface area contributed by atoms with Crippen molar-refractivity contribution in [1.82, 2.24) is 0 Å². The zero-order valence-corrected chi connectivity index (χ0v) is 14.1. The lowest BCUT2D eigenvalue weighted by molar-refractivity contribution is 0.630. The van der Waals surface area contributed by atoms with Gasteiger partial charge in [-0.1, -0.05) is 42.5 Å². The van der Waals surface area contributed by atoms with Crippen LogP contribution in [0.2, 0.25) is 0 Å². The fourth-order valence-corrected chi connectivity index (χ4v) is 5.95. The van der Waals surface area contributed by atoms with Gasteiger partial charge < -0.3 is 4.52 Å². The van der Waals surface area contributed by atoms with Crippen molar-refractivity contribution in [3.8, 4) is 5.75 Å². The molecule has 1 aliphatic heterocycles. The van der Waals surface area contributed by atoms with Crippen LogP contribution in [-0.2, 0) is 0 Å². The van der Waals surface area contributed by atoms with Gasteiger partial charge in [0.2, 0.25) is 0 Å². The number of fused-ring (bicyclic) bond motifs is 1. The molecule has 0 saturated heterocycles. The van der Waals surface area contributed by atoms with Crippen molar-refractivity contribution in [3.05, 3.63) is 83.9 Å². The van der Waals surface area contributed by atoms with Gasteiger partial charge in [0, 0.05) is 10.6 Å². The van der Waals surface area contributed by atoms with E-state index in [-0.39, 0.29) is 0 Å². The van der Waals surface area contributed by atoms with E-state index in [0.717, 1.165) is 27.6 Å². The summed E-state index contributed by atoms with van der Waals surface area (Å²) >= 11 is 0. The predicted molar refractivity (Wildman–Crippen MR) is 97.7 cm³/mol. The third kappa shape index (κ3) is 2.31. The van der Waals surface area contributed by atoms with E-state index in [1.807, 2.05) is 12.1 Å². The molecule has 0 unspecified atom stereocenters. The van der Waals surface area contributed by atoms with Gasteiger partial charge in [0.05, 0.1) is 0 Å². The minimum atomic E-state index is -2.26. The lowest BCUT2D eigenvalue weighted by Crippen LogP contribution is -2.18. The van der Waals surface area contributed by atoms with E-state index in [1.165, 1.54) is 5.56 Å². The molecule has 114 valence electrons. The monoisotopic (exact) mass is 319 g/mol. The maximum Gasteiger partial charge on any atom is 0.197 e. The van der Waals surface area contributed by atoms with E-state index < -0.39 is 7.28 Å². The van der Waals surface area contributed by atoms with Gasteiger partial charge in [0.25, 0.3) is 0 Å². The van der Waals surface area contributed by atoms with Crippen molar-refractivity contribution in [2.75, 3.05) is 0 Å². The molecular formula is C20H18NOP. The maximum atomic E-state index is 6.60. The molecule has 0 amide bonds. The molecule has 0 aromatic heterocycles. The average Bonchev–Trinajstić information content (AvgIpc) is 2.98. The Kier molecular flexibility index (Phi) is 3.36. The molecule has 0 radical (unpaired) electrons. The molecule has 0 atom stereocenters. The summed E-state index contributed by atoms with van der Waals surface area (Å²) < 4.78 is 11.7. The minimum Gasteiger partial charge on any atom is -0.449 e. The van der Waals surface area contributed by atoms with Crippen LogP contribution >= 0.6 is 7.28 Å². The van der Waals surface area contributed by atoms with Crippen molar-refractivity contribution in [3.63, 3.8) is 0 Å². The van der Waals surface area contributed by atoms with Gasteiger partial charge in [0.15, 0.2) is 13.0 Å². The van der Waals surface area contributed by atoms with Crippen LogP contribution in [0.3, 0.4) is 0 Å². The Bertz CT molecular complexity index is 874. The Morgan fingerprint density at radius 1 is 0.783 bits per heavy atom. The third-order valence-electron chi connectivity index (χ3n) is 4.08. The second kappa shape index (κ2) is 5.40. The summed E-state index contributed by atoms with van der Waals surface area (Å²) in [5, 5.41) is 2.30. The molecule has 0 bridgehead atoms. The Hall–Kier alpha value is -2.31. The molecule has 23 heavy (non-hydrogen) atoms. The van der Waals surface area contributed by atoms with E-state index in [2.05, 4.69) is 74.5 Å². The molecule has 3 heteroatoms. The Morgan fingerprint density at radius 3 is 1.91 bits per heavy atom. The van der Waals surface area contributed by atoms with Gasteiger partial charge in [-0.25, -0.2) is 4.74 Å². The van der Waals surface area contributed by atoms with Crippen LogP contribution in [0.15, 0.2) is 77.5 Å². The van der Waals surface area contributed by atoms with Gasteiger partial charge in [-0.3, -0.25) is 0 Å². The van der Waals surface area contributed by atoms with Crippen LogP contribution in [0.4, 0.5) is 5.69 Å². The van der Waals surface area contributed by atoms with Gasteiger partial charge in [-0.2, -0.15) is 0 Å². The summed E-state index contributed by atoms with van der Waals surface area (Å²) in [6.07, 6.45) is 0. The fourth-order valence-electron chi connectivity index (χ4n) is 3.06. The van der Waals surface area contributed by atoms with Crippen molar-refractivity contribution in [1.29, 1.82) is 0 Å². The van der Waals surface area contributed by atoms with Gasteiger partial charge >= 0.3 is 0 Å². The van der Waals surface area contributed by atoms with E-state index in [4.69, 9.17) is 9.27 Å². The number of hydrogen-bond acceptors (Lipinski definition) is 2. The van der Waals surface area contributed by atoms with Crippen molar-refractivity contribution < 1.29 is 4.52 Å². The van der Waals surface area contributed by atoms with E-state index in [9.17, 15) is 0 Å². The summed E-state index contributed by atoms with van der Waals surface area (Å²) in [4.78, 5) is 0. The molecular weight excluding hydrogens is 301 g/mol. The normalized spacial score (nSPS) is 14.7. The topological polar surface area (TPSA) is 21.6 Å². The first-order chi connectivity index (χ1) is 11.2. The second-order valence-electron chi connectivity index (χ2n) is 5.87. The summed E-state index contributed by atoms with van der Waals surface area (Å²) in [6, 6.07) is 25.1. The van der Waals surface area contributed by atoms with Crippen molar-refractivity contribution >= 4 is 23.6 Å². The quantitative estimate of drug-likeness (QED) is 0.603. The van der Waals surface area contributed by atoms with Crippen molar-refractivity contribution in [2.45, 2.75) is 13.8 Å². The molecule has 0 saturated carbocycles. The van der Waals surface area contributed by atoms with Crippen LogP contribution in [0.1, 0.15) is 11.1 Å². The molecule has 0 N–H and O–H groups in total. The first-order valence-electron chi connectivity index (χ1n) is 7.73. The second-order valence-corrected chi connectivity index (χ2v) is 8.44. The number of benzene rings is 3. The first kappa shape index (κ1) is 14.3. The maximum absolute atomic E-state index is 6.60. The van der Waals surface area contributed by atoms with Crippen LogP contribution in [0.25, 0.3) is 0 Å². The number of aryl methyl sites for hydroxylation is 2. The zero-order chi connectivity index (χ0) is 15.9. The molecule has 2 nitrogen and oxygen atoms in total. The van der Waals surface area contributed by atoms with Gasteiger partial charge in [-0.15, -0.1) is 0 Å². The standard InChI is InChI=1S/C20H18NOP/c1-15-13-16(2)20-19(14-15)21-23(22-20,17-9-5-3-6-10-17)18-11-7-4-8-12-18/h3-14H,1-2H3. The minimum absolute atomic E-state index is 0.927. The average molecular weight is 319 g/mol. The molecule has 0 fully saturated rings. The lowest BCUT2D eigenvalue weighted by Gasteiger charge is -2.21. The van der Waals surface area contributed by atoms with Crippen LogP contribution < -0.4 is 15.1 Å². The highest BCUT2D eigenvalue weighted by atomic mass is 31.2. The Morgan fingerprint density at radius 2 is 1.35 bits per heavy atom. The number of rotatable bonds is 2. The molecule has 3 aromatic carbocycles. The highest BCUT2D eigenvalue weighted by Gasteiger charge is 2.34. The summed E-state index contributed by atoms with van der Waals surface area (Å²) in [5.41, 5.74) is 3.34. The number of nitrogens with zero attached hydrogens (tertiary/aromatic N) is 1. The van der Waals surface area contributed by atoms with Crippen LogP contribution in [-0.4, -0.2) is 0 Å². The largest absolute Gasteiger partial charge is 0.449 e. The molecule has 1 aliphatic rings.